The van der Waals surface area contributed by atoms with Crippen molar-refractivity contribution in [2.75, 3.05) is 0 Å². The van der Waals surface area contributed by atoms with Crippen LogP contribution in [0.15, 0.2) is 36.4 Å². The number of rotatable bonds is 1. The third-order valence-electron chi connectivity index (χ3n) is 2.03. The normalized spacial score (nSPS) is 10.3. The molecule has 0 unspecified atom stereocenters. The highest BCUT2D eigenvalue weighted by Gasteiger charge is 2.08. The second kappa shape index (κ2) is 4.21. The lowest BCUT2D eigenvalue weighted by Gasteiger charge is -2.05. The van der Waals surface area contributed by atoms with Crippen LogP contribution in [0.1, 0.15) is 0 Å². The van der Waals surface area contributed by atoms with E-state index >= 15 is 0 Å². The molecule has 0 nitrogen and oxygen atoms in total. The van der Waals surface area contributed by atoms with Gasteiger partial charge in [-0.05, 0) is 24.3 Å². The lowest BCUT2D eigenvalue weighted by Crippen LogP contribution is -1.84. The highest BCUT2D eigenvalue weighted by atomic mass is 35.5. The lowest BCUT2D eigenvalue weighted by atomic mass is 10.1. The second-order valence-electron chi connectivity index (χ2n) is 3.03. The zero-order valence-electron chi connectivity index (χ0n) is 7.60. The maximum Gasteiger partial charge on any atom is 0.131 e. The molecular formula is C12H6Cl2F. The smallest absolute Gasteiger partial charge is 0.131 e. The van der Waals surface area contributed by atoms with E-state index in [4.69, 9.17) is 23.2 Å². The van der Waals surface area contributed by atoms with Gasteiger partial charge >= 0.3 is 0 Å². The largest absolute Gasteiger partial charge is 0.206 e. The third-order valence-corrected chi connectivity index (χ3v) is 2.58. The van der Waals surface area contributed by atoms with Gasteiger partial charge in [-0.1, -0.05) is 41.4 Å². The fourth-order valence-electron chi connectivity index (χ4n) is 1.34. The van der Waals surface area contributed by atoms with E-state index in [9.17, 15) is 4.39 Å². The zero-order valence-corrected chi connectivity index (χ0v) is 9.11. The van der Waals surface area contributed by atoms with Crippen molar-refractivity contribution in [2.45, 2.75) is 0 Å². The molecule has 0 heterocycles. The number of hydrogen-bond acceptors (Lipinski definition) is 0. The van der Waals surface area contributed by atoms with E-state index < -0.39 is 0 Å². The molecule has 75 valence electrons. The maximum absolute atomic E-state index is 13.4. The first kappa shape index (κ1) is 10.5. The molecule has 15 heavy (non-hydrogen) atoms. The monoisotopic (exact) mass is 239 g/mol. The van der Waals surface area contributed by atoms with Gasteiger partial charge in [-0.2, -0.15) is 0 Å². The van der Waals surface area contributed by atoms with Crippen molar-refractivity contribution in [1.29, 1.82) is 0 Å². The van der Waals surface area contributed by atoms with Gasteiger partial charge in [0.15, 0.2) is 0 Å². The van der Waals surface area contributed by atoms with Crippen LogP contribution in [0.3, 0.4) is 0 Å². The molecule has 0 atom stereocenters. The zero-order chi connectivity index (χ0) is 10.8. The van der Waals surface area contributed by atoms with E-state index in [2.05, 4.69) is 6.07 Å². The topological polar surface area (TPSA) is 0 Å². The molecule has 0 spiro atoms. The molecule has 0 aromatic heterocycles. The molecule has 0 fully saturated rings. The van der Waals surface area contributed by atoms with Crippen LogP contribution in [0.5, 0.6) is 0 Å². The van der Waals surface area contributed by atoms with E-state index in [1.54, 1.807) is 30.3 Å². The molecule has 0 aliphatic rings. The van der Waals surface area contributed by atoms with Gasteiger partial charge in [0.05, 0.1) is 0 Å². The van der Waals surface area contributed by atoms with E-state index in [-0.39, 0.29) is 5.82 Å². The predicted molar refractivity (Wildman–Crippen MR) is 60.7 cm³/mol. The van der Waals surface area contributed by atoms with Gasteiger partial charge in [0, 0.05) is 21.2 Å². The summed E-state index contributed by atoms with van der Waals surface area (Å²) in [6, 6.07) is 12.2. The molecule has 2 aromatic rings. The van der Waals surface area contributed by atoms with Crippen LogP contribution in [0.4, 0.5) is 4.39 Å². The van der Waals surface area contributed by atoms with Crippen LogP contribution in [-0.2, 0) is 0 Å². The van der Waals surface area contributed by atoms with Gasteiger partial charge in [0.1, 0.15) is 5.82 Å². The van der Waals surface area contributed by atoms with E-state index in [0.29, 0.717) is 21.2 Å². The van der Waals surface area contributed by atoms with Crippen LogP contribution in [0.2, 0.25) is 10.0 Å². The minimum atomic E-state index is -0.346. The van der Waals surface area contributed by atoms with Gasteiger partial charge < -0.3 is 0 Å². The van der Waals surface area contributed by atoms with Crippen molar-refractivity contribution < 1.29 is 4.39 Å². The first-order valence-electron chi connectivity index (χ1n) is 4.29. The van der Waals surface area contributed by atoms with Crippen molar-refractivity contribution in [3.8, 4) is 11.1 Å². The van der Waals surface area contributed by atoms with Crippen LogP contribution < -0.4 is 0 Å². The molecule has 0 saturated carbocycles. The second-order valence-corrected chi connectivity index (χ2v) is 3.87. The van der Waals surface area contributed by atoms with E-state index in [1.165, 1.54) is 6.07 Å². The summed E-state index contributed by atoms with van der Waals surface area (Å²) in [4.78, 5) is 0. The Morgan fingerprint density at radius 3 is 2.53 bits per heavy atom. The van der Waals surface area contributed by atoms with Crippen molar-refractivity contribution in [3.63, 3.8) is 0 Å². The summed E-state index contributed by atoms with van der Waals surface area (Å²) in [5, 5.41) is 0.972. The van der Waals surface area contributed by atoms with Crippen LogP contribution >= 0.6 is 23.2 Å². The molecule has 0 N–H and O–H groups in total. The first-order valence-corrected chi connectivity index (χ1v) is 5.05. The van der Waals surface area contributed by atoms with Gasteiger partial charge in [0.25, 0.3) is 0 Å². The molecule has 1 radical (unpaired) electrons. The molecule has 2 rings (SSSR count). The lowest BCUT2D eigenvalue weighted by molar-refractivity contribution is 0.631. The molecule has 0 aliphatic carbocycles. The van der Waals surface area contributed by atoms with Gasteiger partial charge in [-0.3, -0.25) is 0 Å². The van der Waals surface area contributed by atoms with Crippen molar-refractivity contribution >= 4 is 23.2 Å². The van der Waals surface area contributed by atoms with Crippen LogP contribution in [0, 0.1) is 11.9 Å². The summed E-state index contributed by atoms with van der Waals surface area (Å²) in [6.45, 7) is 0. The highest BCUT2D eigenvalue weighted by Crippen LogP contribution is 2.31. The Kier molecular flexibility index (Phi) is 2.94. The van der Waals surface area contributed by atoms with Crippen molar-refractivity contribution in [1.82, 2.24) is 0 Å². The minimum absolute atomic E-state index is 0.346. The molecule has 0 amide bonds. The molecule has 3 heteroatoms. The number of hydrogen-bond donors (Lipinski definition) is 0. The minimum Gasteiger partial charge on any atom is -0.206 e. The predicted octanol–water partition coefficient (Wildman–Crippen LogP) is 4.60. The van der Waals surface area contributed by atoms with Gasteiger partial charge in [0.2, 0.25) is 0 Å². The molecule has 0 aliphatic heterocycles. The fourth-order valence-corrected chi connectivity index (χ4v) is 1.85. The van der Waals surface area contributed by atoms with Gasteiger partial charge in [-0.25, -0.2) is 4.39 Å². The molecule has 0 bridgehead atoms. The summed E-state index contributed by atoms with van der Waals surface area (Å²) in [5.74, 6) is -0.346. The molecular weight excluding hydrogens is 234 g/mol. The first-order chi connectivity index (χ1) is 7.18. The average Bonchev–Trinajstić information content (AvgIpc) is 2.20. The number of benzene rings is 2. The summed E-state index contributed by atoms with van der Waals surface area (Å²) in [7, 11) is 0. The van der Waals surface area contributed by atoms with E-state index in [1.807, 2.05) is 0 Å². The Labute approximate surface area is 97.3 Å². The Hall–Kier alpha value is -1.05. The standard InChI is InChI=1S/C12H6Cl2F/c13-8-5-6-9(11(14)7-8)10-3-1-2-4-12(10)15/h1,3-7H. The Morgan fingerprint density at radius 1 is 1.07 bits per heavy atom. The number of halogens is 3. The Balaban J connectivity index is 2.60. The SMILES string of the molecule is Fc1c[c]ccc1-c1ccc(Cl)cc1Cl. The highest BCUT2D eigenvalue weighted by molar-refractivity contribution is 6.36. The van der Waals surface area contributed by atoms with Gasteiger partial charge in [-0.15, -0.1) is 0 Å². The maximum atomic E-state index is 13.4. The Morgan fingerprint density at radius 2 is 1.87 bits per heavy atom. The third kappa shape index (κ3) is 2.14. The summed E-state index contributed by atoms with van der Waals surface area (Å²) in [6.07, 6.45) is 0. The summed E-state index contributed by atoms with van der Waals surface area (Å²) >= 11 is 11.7. The van der Waals surface area contributed by atoms with Crippen LogP contribution in [0.25, 0.3) is 11.1 Å². The average molecular weight is 240 g/mol. The fraction of sp³-hybridized carbons (Fsp3) is 0. The Bertz CT molecular complexity index is 495. The molecule has 0 saturated heterocycles. The van der Waals surface area contributed by atoms with Crippen LogP contribution in [-0.4, -0.2) is 0 Å². The van der Waals surface area contributed by atoms with Crippen molar-refractivity contribution in [3.05, 3.63) is 58.3 Å². The van der Waals surface area contributed by atoms with E-state index in [0.717, 1.165) is 0 Å². The quantitative estimate of drug-likeness (QED) is 0.683. The molecule has 2 aromatic carbocycles. The van der Waals surface area contributed by atoms with Crippen molar-refractivity contribution in [2.24, 2.45) is 0 Å². The summed E-state index contributed by atoms with van der Waals surface area (Å²) < 4.78 is 13.4. The summed E-state index contributed by atoms with van der Waals surface area (Å²) in [5.41, 5.74) is 1.09.